The molecule has 2 aromatic carbocycles. The predicted molar refractivity (Wildman–Crippen MR) is 105 cm³/mol. The van der Waals surface area contributed by atoms with Gasteiger partial charge >= 0.3 is 0 Å². The number of likely N-dealkylation sites (N-methyl/N-ethyl adjacent to an activating group) is 1. The maximum Gasteiger partial charge on any atom is 0.0642 e. The molecule has 2 aromatic rings. The van der Waals surface area contributed by atoms with Gasteiger partial charge in [0.05, 0.1) is 11.4 Å². The Morgan fingerprint density at radius 3 is 2.24 bits per heavy atom. The van der Waals surface area contributed by atoms with Crippen molar-refractivity contribution in [1.29, 1.82) is 0 Å². The van der Waals surface area contributed by atoms with E-state index < -0.39 is 0 Å². The van der Waals surface area contributed by atoms with Gasteiger partial charge in [-0.2, -0.15) is 0 Å². The Balaban J connectivity index is 1.72. The first-order valence-electron chi connectivity index (χ1n) is 9.22. The number of fused-ring (bicyclic) bond motifs is 1. The lowest BCUT2D eigenvalue weighted by molar-refractivity contribution is 0.0167. The lowest BCUT2D eigenvalue weighted by atomic mass is 9.92. The van der Waals surface area contributed by atoms with Crippen molar-refractivity contribution in [3.05, 3.63) is 71.3 Å². The Morgan fingerprint density at radius 2 is 1.56 bits per heavy atom. The molecule has 1 saturated heterocycles. The molecule has 0 amide bonds. The third kappa shape index (κ3) is 2.91. The summed E-state index contributed by atoms with van der Waals surface area (Å²) >= 11 is 7.15. The van der Waals surface area contributed by atoms with E-state index in [9.17, 15) is 0 Å². The SMILES string of the molecule is CN1CCN([C@@H]2c3ccccc3[C@H](c3ccccc3)[C@H]2Cl)CC1(C)C. The molecule has 3 atom stereocenters. The fourth-order valence-electron chi connectivity index (χ4n) is 4.53. The number of halogens is 1. The van der Waals surface area contributed by atoms with Crippen molar-refractivity contribution in [3.8, 4) is 0 Å². The summed E-state index contributed by atoms with van der Waals surface area (Å²) in [7, 11) is 2.23. The van der Waals surface area contributed by atoms with E-state index in [1.165, 1.54) is 16.7 Å². The van der Waals surface area contributed by atoms with Gasteiger partial charge in [0.25, 0.3) is 0 Å². The number of alkyl halides is 1. The second-order valence-corrected chi connectivity index (χ2v) is 8.61. The largest absolute Gasteiger partial charge is 0.299 e. The maximum absolute atomic E-state index is 7.15. The molecule has 0 saturated carbocycles. The van der Waals surface area contributed by atoms with Gasteiger partial charge in [0.15, 0.2) is 0 Å². The van der Waals surface area contributed by atoms with Crippen LogP contribution in [0.5, 0.6) is 0 Å². The Bertz CT molecular complexity index is 743. The number of hydrogen-bond acceptors (Lipinski definition) is 2. The number of rotatable bonds is 2. The van der Waals surface area contributed by atoms with Gasteiger partial charge in [-0.25, -0.2) is 0 Å². The van der Waals surface area contributed by atoms with Crippen LogP contribution in [0.4, 0.5) is 0 Å². The van der Waals surface area contributed by atoms with E-state index in [0.717, 1.165) is 19.6 Å². The molecule has 0 N–H and O–H groups in total. The van der Waals surface area contributed by atoms with Crippen LogP contribution >= 0.6 is 11.6 Å². The minimum atomic E-state index is 0.0685. The van der Waals surface area contributed by atoms with E-state index in [2.05, 4.69) is 85.3 Å². The molecule has 2 nitrogen and oxygen atoms in total. The van der Waals surface area contributed by atoms with Gasteiger partial charge in [-0.15, -0.1) is 11.6 Å². The molecule has 1 heterocycles. The summed E-state index contributed by atoms with van der Waals surface area (Å²) < 4.78 is 0. The van der Waals surface area contributed by atoms with Crippen LogP contribution in [-0.4, -0.2) is 47.4 Å². The van der Waals surface area contributed by atoms with Crippen LogP contribution < -0.4 is 0 Å². The fraction of sp³-hybridized carbons (Fsp3) is 0.455. The van der Waals surface area contributed by atoms with E-state index in [0.29, 0.717) is 0 Å². The van der Waals surface area contributed by atoms with Gasteiger partial charge in [-0.3, -0.25) is 9.80 Å². The van der Waals surface area contributed by atoms with E-state index >= 15 is 0 Å². The molecule has 1 aliphatic heterocycles. The molecule has 0 spiro atoms. The topological polar surface area (TPSA) is 6.48 Å². The summed E-state index contributed by atoms with van der Waals surface area (Å²) in [6.07, 6.45) is 0. The first kappa shape index (κ1) is 17.1. The Morgan fingerprint density at radius 1 is 0.920 bits per heavy atom. The van der Waals surface area contributed by atoms with E-state index in [4.69, 9.17) is 11.6 Å². The minimum absolute atomic E-state index is 0.0685. The Hall–Kier alpha value is -1.35. The number of hydrogen-bond donors (Lipinski definition) is 0. The van der Waals surface area contributed by atoms with E-state index in [1.807, 2.05) is 0 Å². The standard InChI is InChI=1S/C22H27ClN2/c1-22(2)15-25(14-13-24(22)3)21-18-12-8-7-11-17(18)19(20(21)23)16-9-5-4-6-10-16/h4-12,19-21H,13-15H2,1-3H3/t19-,20+,21+/m0/s1. The zero-order valence-corrected chi connectivity index (χ0v) is 16.1. The van der Waals surface area contributed by atoms with Gasteiger partial charge in [-0.05, 0) is 37.6 Å². The average Bonchev–Trinajstić information content (AvgIpc) is 2.90. The molecular weight excluding hydrogens is 328 g/mol. The van der Waals surface area contributed by atoms with Crippen LogP contribution in [0, 0.1) is 0 Å². The van der Waals surface area contributed by atoms with Gasteiger partial charge in [0.2, 0.25) is 0 Å². The number of nitrogens with zero attached hydrogens (tertiary/aromatic N) is 2. The van der Waals surface area contributed by atoms with Crippen LogP contribution in [0.2, 0.25) is 0 Å². The summed E-state index contributed by atoms with van der Waals surface area (Å²) in [5, 5.41) is 0.0685. The van der Waals surface area contributed by atoms with Crippen LogP contribution in [0.3, 0.4) is 0 Å². The summed E-state index contributed by atoms with van der Waals surface area (Å²) in [4.78, 5) is 5.07. The number of piperazine rings is 1. The highest BCUT2D eigenvalue weighted by Crippen LogP contribution is 2.50. The van der Waals surface area contributed by atoms with Crippen molar-refractivity contribution in [3.63, 3.8) is 0 Å². The van der Waals surface area contributed by atoms with Gasteiger partial charge in [0, 0.05) is 31.1 Å². The summed E-state index contributed by atoms with van der Waals surface area (Å²) in [5.41, 5.74) is 4.31. The summed E-state index contributed by atoms with van der Waals surface area (Å²) in [5.74, 6) is 0.270. The molecule has 1 fully saturated rings. The van der Waals surface area contributed by atoms with Gasteiger partial charge in [-0.1, -0.05) is 54.6 Å². The van der Waals surface area contributed by atoms with Crippen LogP contribution in [0.15, 0.2) is 54.6 Å². The van der Waals surface area contributed by atoms with Crippen LogP contribution in [0.25, 0.3) is 0 Å². The zero-order chi connectivity index (χ0) is 17.6. The summed E-state index contributed by atoms with van der Waals surface area (Å²) in [6.45, 7) is 7.87. The molecule has 25 heavy (non-hydrogen) atoms. The zero-order valence-electron chi connectivity index (χ0n) is 15.3. The van der Waals surface area contributed by atoms with Crippen molar-refractivity contribution < 1.29 is 0 Å². The highest BCUT2D eigenvalue weighted by atomic mass is 35.5. The predicted octanol–water partition coefficient (Wildman–Crippen LogP) is 4.51. The van der Waals surface area contributed by atoms with E-state index in [1.54, 1.807) is 0 Å². The van der Waals surface area contributed by atoms with Gasteiger partial charge < -0.3 is 0 Å². The molecule has 0 unspecified atom stereocenters. The van der Waals surface area contributed by atoms with Crippen molar-refractivity contribution >= 4 is 11.6 Å². The molecular formula is C22H27ClN2. The third-order valence-electron chi connectivity index (χ3n) is 6.17. The molecule has 0 aromatic heterocycles. The summed E-state index contributed by atoms with van der Waals surface area (Å²) in [6, 6.07) is 19.9. The second-order valence-electron chi connectivity index (χ2n) is 8.11. The lowest BCUT2D eigenvalue weighted by Crippen LogP contribution is -2.58. The minimum Gasteiger partial charge on any atom is -0.299 e. The smallest absolute Gasteiger partial charge is 0.0642 e. The lowest BCUT2D eigenvalue weighted by Gasteiger charge is -2.48. The van der Waals surface area contributed by atoms with Crippen molar-refractivity contribution in [1.82, 2.24) is 9.80 Å². The monoisotopic (exact) mass is 354 g/mol. The molecule has 1 aliphatic carbocycles. The molecule has 2 aliphatic rings. The van der Waals surface area contributed by atoms with E-state index in [-0.39, 0.29) is 22.9 Å². The second kappa shape index (κ2) is 6.42. The molecule has 4 rings (SSSR count). The van der Waals surface area contributed by atoms with Crippen molar-refractivity contribution in [2.75, 3.05) is 26.7 Å². The van der Waals surface area contributed by atoms with Crippen LogP contribution in [-0.2, 0) is 0 Å². The Kier molecular flexibility index (Phi) is 4.39. The molecule has 3 heteroatoms. The highest BCUT2D eigenvalue weighted by Gasteiger charge is 2.45. The molecule has 0 bridgehead atoms. The highest BCUT2D eigenvalue weighted by molar-refractivity contribution is 6.22. The molecule has 132 valence electrons. The van der Waals surface area contributed by atoms with Crippen LogP contribution in [0.1, 0.15) is 42.5 Å². The van der Waals surface area contributed by atoms with Gasteiger partial charge in [0.1, 0.15) is 0 Å². The van der Waals surface area contributed by atoms with Crippen molar-refractivity contribution in [2.45, 2.75) is 36.7 Å². The number of benzene rings is 2. The normalized spacial score (nSPS) is 29.5. The third-order valence-corrected chi connectivity index (χ3v) is 6.66. The quantitative estimate of drug-likeness (QED) is 0.732. The Labute approximate surface area is 156 Å². The van der Waals surface area contributed by atoms with Crippen molar-refractivity contribution in [2.24, 2.45) is 0 Å². The fourth-order valence-corrected chi connectivity index (χ4v) is 5.10. The first-order chi connectivity index (χ1) is 12.0. The first-order valence-corrected chi connectivity index (χ1v) is 9.66. The maximum atomic E-state index is 7.15. The molecule has 0 radical (unpaired) electrons. The average molecular weight is 355 g/mol.